The van der Waals surface area contributed by atoms with Gasteiger partial charge in [-0.25, -0.2) is 0 Å². The average Bonchev–Trinajstić information content (AvgIpc) is 3.19. The summed E-state index contributed by atoms with van der Waals surface area (Å²) in [6.07, 6.45) is 11.5. The zero-order valence-corrected chi connectivity index (χ0v) is 23.2. The first-order valence-corrected chi connectivity index (χ1v) is 20.4. The van der Waals surface area contributed by atoms with Crippen LogP contribution in [0.25, 0.3) is 0 Å². The van der Waals surface area contributed by atoms with Gasteiger partial charge in [-0.1, -0.05) is 0 Å². The van der Waals surface area contributed by atoms with E-state index in [1.807, 2.05) is 0 Å². The summed E-state index contributed by atoms with van der Waals surface area (Å²) in [5.41, 5.74) is 1.32. The molecule has 0 radical (unpaired) electrons. The van der Waals surface area contributed by atoms with Crippen LogP contribution in [0.3, 0.4) is 0 Å². The number of methoxy groups -OCH3 is 1. The SMILES string of the molecule is CCC[CH2][Sn]([CH2]CCC)([CH2]CCC)[c]1ccc([C@@H]2CC3CCC(O3)[C@H]2C(=O)OC)cc1. The number of carbonyl (C=O) groups excluding carboxylic acids is 1. The summed E-state index contributed by atoms with van der Waals surface area (Å²) < 4.78 is 17.5. The predicted octanol–water partition coefficient (Wildman–Crippen LogP) is 6.57. The van der Waals surface area contributed by atoms with E-state index in [2.05, 4.69) is 45.0 Å². The number of fused-ring (bicyclic) bond motifs is 2. The summed E-state index contributed by atoms with van der Waals surface area (Å²) in [6.45, 7) is 7.02. The van der Waals surface area contributed by atoms with E-state index in [1.54, 1.807) is 3.58 Å². The Bertz CT molecular complexity index is 664. The minimum atomic E-state index is -2.40. The summed E-state index contributed by atoms with van der Waals surface area (Å²) in [5.74, 6) is -0.00999. The van der Waals surface area contributed by atoms with Crippen LogP contribution in [-0.2, 0) is 14.3 Å². The van der Waals surface area contributed by atoms with Gasteiger partial charge in [-0.05, 0) is 0 Å². The van der Waals surface area contributed by atoms with Gasteiger partial charge in [-0.15, -0.1) is 0 Å². The van der Waals surface area contributed by atoms with E-state index in [0.717, 1.165) is 19.3 Å². The predicted molar refractivity (Wildman–Crippen MR) is 132 cm³/mol. The topological polar surface area (TPSA) is 35.5 Å². The molecule has 0 aromatic heterocycles. The molecule has 3 nitrogen and oxygen atoms in total. The van der Waals surface area contributed by atoms with Gasteiger partial charge in [-0.2, -0.15) is 0 Å². The second-order valence-corrected chi connectivity index (χ2v) is 23.2. The van der Waals surface area contributed by atoms with E-state index in [-0.39, 0.29) is 23.9 Å². The number of hydrogen-bond acceptors (Lipinski definition) is 3. The fourth-order valence-corrected chi connectivity index (χ4v) is 22.0. The van der Waals surface area contributed by atoms with Gasteiger partial charge in [0.1, 0.15) is 0 Å². The summed E-state index contributed by atoms with van der Waals surface area (Å²) in [5, 5.41) is 0. The monoisotopic (exact) mass is 536 g/mol. The average molecular weight is 535 g/mol. The van der Waals surface area contributed by atoms with Crippen LogP contribution in [0.2, 0.25) is 13.3 Å². The van der Waals surface area contributed by atoms with Crippen molar-refractivity contribution in [2.45, 2.75) is 110 Å². The van der Waals surface area contributed by atoms with Gasteiger partial charge in [0.05, 0.1) is 0 Å². The van der Waals surface area contributed by atoms with Gasteiger partial charge in [-0.3, -0.25) is 0 Å². The molecule has 2 bridgehead atoms. The Balaban J connectivity index is 1.88. The third-order valence-corrected chi connectivity index (χ3v) is 23.6. The van der Waals surface area contributed by atoms with Crippen molar-refractivity contribution in [3.8, 4) is 0 Å². The van der Waals surface area contributed by atoms with Gasteiger partial charge >= 0.3 is 195 Å². The Labute approximate surface area is 194 Å². The Morgan fingerprint density at radius 1 is 0.968 bits per heavy atom. The summed E-state index contributed by atoms with van der Waals surface area (Å²) in [6, 6.07) is 9.71. The number of esters is 1. The zero-order valence-electron chi connectivity index (χ0n) is 20.3. The van der Waals surface area contributed by atoms with Crippen molar-refractivity contribution >= 4 is 27.9 Å². The number of benzene rings is 1. The van der Waals surface area contributed by atoms with Crippen LogP contribution in [0.1, 0.15) is 90.0 Å². The summed E-state index contributed by atoms with van der Waals surface area (Å²) in [7, 11) is 1.52. The van der Waals surface area contributed by atoms with E-state index in [9.17, 15) is 4.79 Å². The van der Waals surface area contributed by atoms with Gasteiger partial charge < -0.3 is 0 Å². The molecule has 0 N–H and O–H groups in total. The van der Waals surface area contributed by atoms with Crippen molar-refractivity contribution < 1.29 is 14.3 Å². The van der Waals surface area contributed by atoms with E-state index >= 15 is 0 Å². The maximum atomic E-state index is 12.6. The fourth-order valence-electron chi connectivity index (χ4n) is 6.09. The molecule has 2 aliphatic rings. The second-order valence-electron chi connectivity index (χ2n) is 9.98. The molecule has 3 rings (SSSR count). The number of hydrogen-bond donors (Lipinski definition) is 0. The minimum absolute atomic E-state index is 0.0350. The molecule has 2 fully saturated rings. The molecule has 0 spiro atoms. The Morgan fingerprint density at radius 3 is 2.06 bits per heavy atom. The first kappa shape index (κ1) is 25.1. The van der Waals surface area contributed by atoms with Crippen molar-refractivity contribution in [1.29, 1.82) is 0 Å². The van der Waals surface area contributed by atoms with Crippen molar-refractivity contribution in [3.05, 3.63) is 29.8 Å². The van der Waals surface area contributed by atoms with Crippen LogP contribution in [0.4, 0.5) is 0 Å². The van der Waals surface area contributed by atoms with Crippen molar-refractivity contribution in [1.82, 2.24) is 0 Å². The van der Waals surface area contributed by atoms with Crippen molar-refractivity contribution in [2.75, 3.05) is 7.11 Å². The molecular formula is C27H44O3Sn. The molecule has 4 heteroatoms. The van der Waals surface area contributed by atoms with Crippen LogP contribution >= 0.6 is 0 Å². The Morgan fingerprint density at radius 2 is 1.55 bits per heavy atom. The number of ether oxygens (including phenoxy) is 2. The van der Waals surface area contributed by atoms with E-state index in [1.165, 1.54) is 64.5 Å². The van der Waals surface area contributed by atoms with Crippen molar-refractivity contribution in [3.63, 3.8) is 0 Å². The third kappa shape index (κ3) is 5.88. The standard InChI is InChI=1S/C15H17O3.3C4H9.Sn/c1-17-15(16)14-12(10-5-3-2-4-6-10)9-11-7-8-13(14)18-11;3*1-3-4-2;/h3-6,11-14H,7-9H2,1H3;3*1,3-4H2,2H3;/t11?,12-,13?,14-;;;;/m0..../s1. The normalized spacial score (nSPS) is 25.5. The maximum absolute atomic E-state index is 12.6. The fraction of sp³-hybridized carbons (Fsp3) is 0.741. The molecule has 1 aromatic carbocycles. The van der Waals surface area contributed by atoms with Crippen LogP contribution in [0.5, 0.6) is 0 Å². The summed E-state index contributed by atoms with van der Waals surface area (Å²) in [4.78, 5) is 12.6. The molecule has 0 amide bonds. The molecule has 31 heavy (non-hydrogen) atoms. The molecule has 2 saturated heterocycles. The third-order valence-electron chi connectivity index (χ3n) is 7.94. The Hall–Kier alpha value is -0.551. The van der Waals surface area contributed by atoms with E-state index in [0.29, 0.717) is 6.10 Å². The van der Waals surface area contributed by atoms with Crippen LogP contribution in [-0.4, -0.2) is 43.7 Å². The number of rotatable bonds is 12. The van der Waals surface area contributed by atoms with Gasteiger partial charge in [0.15, 0.2) is 0 Å². The van der Waals surface area contributed by atoms with Gasteiger partial charge in [0.2, 0.25) is 0 Å². The molecule has 2 aliphatic heterocycles. The molecule has 0 aliphatic carbocycles. The molecule has 4 atom stereocenters. The molecule has 174 valence electrons. The van der Waals surface area contributed by atoms with E-state index < -0.39 is 18.4 Å². The first-order chi connectivity index (χ1) is 15.1. The van der Waals surface area contributed by atoms with Crippen LogP contribution in [0, 0.1) is 5.92 Å². The van der Waals surface area contributed by atoms with E-state index in [4.69, 9.17) is 9.47 Å². The van der Waals surface area contributed by atoms with Crippen molar-refractivity contribution in [2.24, 2.45) is 5.92 Å². The van der Waals surface area contributed by atoms with Gasteiger partial charge in [0.25, 0.3) is 0 Å². The Kier molecular flexibility index (Phi) is 9.76. The van der Waals surface area contributed by atoms with Crippen LogP contribution < -0.4 is 3.58 Å². The molecule has 0 saturated carbocycles. The number of unbranched alkanes of at least 4 members (excludes halogenated alkanes) is 3. The second kappa shape index (κ2) is 12.1. The quantitative estimate of drug-likeness (QED) is 0.225. The zero-order chi connectivity index (χ0) is 22.3. The molecule has 2 unspecified atom stereocenters. The molecule has 1 aromatic rings. The van der Waals surface area contributed by atoms with Gasteiger partial charge in [0, 0.05) is 0 Å². The first-order valence-electron chi connectivity index (χ1n) is 12.9. The van der Waals surface area contributed by atoms with Crippen LogP contribution in [0.15, 0.2) is 24.3 Å². The molecular weight excluding hydrogens is 491 g/mol. The molecule has 2 heterocycles. The number of carbonyl (C=O) groups is 1. The summed E-state index contributed by atoms with van der Waals surface area (Å²) >= 11 is -2.40.